The van der Waals surface area contributed by atoms with Gasteiger partial charge in [-0.3, -0.25) is 0 Å². The van der Waals surface area contributed by atoms with Crippen LogP contribution in [0.5, 0.6) is 5.75 Å². The second kappa shape index (κ2) is 6.48. The molecule has 1 aromatic rings. The first-order valence-electron chi connectivity index (χ1n) is 6.58. The van der Waals surface area contributed by atoms with Crippen LogP contribution in [0.2, 0.25) is 0 Å². The Morgan fingerprint density at radius 3 is 2.53 bits per heavy atom. The fourth-order valence-corrected chi connectivity index (χ4v) is 5.67. The second-order valence-electron chi connectivity index (χ2n) is 5.61. The van der Waals surface area contributed by atoms with E-state index >= 15 is 0 Å². The van der Waals surface area contributed by atoms with Crippen LogP contribution in [0.3, 0.4) is 0 Å². The summed E-state index contributed by atoms with van der Waals surface area (Å²) in [5.74, 6) is 1.72. The van der Waals surface area contributed by atoms with E-state index in [4.69, 9.17) is 4.74 Å². The van der Waals surface area contributed by atoms with E-state index in [0.717, 1.165) is 40.3 Å². The maximum atomic E-state index is 5.85. The average Bonchev–Trinajstić information content (AvgIpc) is 2.83. The molecule has 106 valence electrons. The van der Waals surface area contributed by atoms with Crippen molar-refractivity contribution >= 4 is 47.8 Å². The molecule has 0 atom stereocenters. The highest BCUT2D eigenvalue weighted by molar-refractivity contribution is 9.10. The number of hydrogen-bond acceptors (Lipinski definition) is 1. The SMILES string of the molecule is CC(C)C(CBr)(CBr)Cc1cc(Br)cc2c1OCC2. The van der Waals surface area contributed by atoms with E-state index in [0.29, 0.717) is 5.92 Å². The summed E-state index contributed by atoms with van der Waals surface area (Å²) in [5.41, 5.74) is 2.89. The van der Waals surface area contributed by atoms with Crippen LogP contribution in [0.1, 0.15) is 25.0 Å². The van der Waals surface area contributed by atoms with E-state index < -0.39 is 0 Å². The molecule has 1 aliphatic rings. The Kier molecular flexibility index (Phi) is 5.41. The Morgan fingerprint density at radius 2 is 1.95 bits per heavy atom. The smallest absolute Gasteiger partial charge is 0.125 e. The minimum Gasteiger partial charge on any atom is -0.493 e. The molecule has 0 spiro atoms. The van der Waals surface area contributed by atoms with Gasteiger partial charge in [-0.15, -0.1) is 0 Å². The van der Waals surface area contributed by atoms with Crippen LogP contribution >= 0.6 is 47.8 Å². The van der Waals surface area contributed by atoms with Gasteiger partial charge in [-0.25, -0.2) is 0 Å². The highest BCUT2D eigenvalue weighted by atomic mass is 79.9. The molecule has 0 aliphatic carbocycles. The number of halogens is 3. The predicted octanol–water partition coefficient (Wildman–Crippen LogP) is 5.36. The lowest BCUT2D eigenvalue weighted by Crippen LogP contribution is -2.33. The standard InChI is InChI=1S/C15H19Br3O/c1-10(2)15(8-16,9-17)7-12-6-13(18)5-11-3-4-19-14(11)12/h5-6,10H,3-4,7-9H2,1-2H3. The summed E-state index contributed by atoms with van der Waals surface area (Å²) in [4.78, 5) is 0. The molecule has 0 saturated carbocycles. The Labute approximate surface area is 140 Å². The van der Waals surface area contributed by atoms with Crippen molar-refractivity contribution in [1.29, 1.82) is 0 Å². The Bertz CT molecular complexity index is 453. The molecule has 2 rings (SSSR count). The summed E-state index contributed by atoms with van der Waals surface area (Å²) in [5, 5.41) is 1.98. The van der Waals surface area contributed by atoms with Crippen molar-refractivity contribution in [3.05, 3.63) is 27.7 Å². The van der Waals surface area contributed by atoms with E-state index in [9.17, 15) is 0 Å². The van der Waals surface area contributed by atoms with E-state index in [1.54, 1.807) is 0 Å². The average molecular weight is 455 g/mol. The van der Waals surface area contributed by atoms with E-state index in [1.807, 2.05) is 0 Å². The molecule has 0 radical (unpaired) electrons. The molecule has 4 heteroatoms. The van der Waals surface area contributed by atoms with Gasteiger partial charge in [-0.05, 0) is 41.0 Å². The normalized spacial score (nSPS) is 14.6. The molecule has 19 heavy (non-hydrogen) atoms. The first-order valence-corrected chi connectivity index (χ1v) is 9.62. The van der Waals surface area contributed by atoms with Crippen LogP contribution < -0.4 is 4.74 Å². The Balaban J connectivity index is 2.37. The Hall–Kier alpha value is 0.460. The fourth-order valence-electron chi connectivity index (χ4n) is 2.50. The van der Waals surface area contributed by atoms with E-state index in [2.05, 4.69) is 73.8 Å². The van der Waals surface area contributed by atoms with Crippen molar-refractivity contribution in [3.8, 4) is 5.75 Å². The molecular formula is C15H19Br3O. The summed E-state index contributed by atoms with van der Waals surface area (Å²) in [6.07, 6.45) is 2.06. The molecule has 0 fully saturated rings. The minimum absolute atomic E-state index is 0.223. The molecular weight excluding hydrogens is 436 g/mol. The molecule has 0 saturated heterocycles. The second-order valence-corrected chi connectivity index (χ2v) is 7.65. The van der Waals surface area contributed by atoms with E-state index in [1.165, 1.54) is 11.1 Å². The molecule has 1 heterocycles. The van der Waals surface area contributed by atoms with Gasteiger partial charge in [0.25, 0.3) is 0 Å². The summed E-state index contributed by atoms with van der Waals surface area (Å²) < 4.78 is 7.01. The number of benzene rings is 1. The number of alkyl halides is 2. The fraction of sp³-hybridized carbons (Fsp3) is 0.600. The van der Waals surface area contributed by atoms with E-state index in [-0.39, 0.29) is 5.41 Å². The van der Waals surface area contributed by atoms with Crippen molar-refractivity contribution in [2.75, 3.05) is 17.3 Å². The minimum atomic E-state index is 0.223. The van der Waals surface area contributed by atoms with Gasteiger partial charge in [0.1, 0.15) is 5.75 Å². The number of rotatable bonds is 5. The lowest BCUT2D eigenvalue weighted by Gasteiger charge is -2.35. The molecule has 0 amide bonds. The maximum absolute atomic E-state index is 5.85. The quantitative estimate of drug-likeness (QED) is 0.544. The van der Waals surface area contributed by atoms with Crippen molar-refractivity contribution < 1.29 is 4.74 Å². The van der Waals surface area contributed by atoms with Crippen molar-refractivity contribution in [2.45, 2.75) is 26.7 Å². The van der Waals surface area contributed by atoms with Crippen LogP contribution in [0.25, 0.3) is 0 Å². The van der Waals surface area contributed by atoms with Gasteiger partial charge in [-0.1, -0.05) is 61.6 Å². The third-order valence-electron chi connectivity index (χ3n) is 4.12. The van der Waals surface area contributed by atoms with Gasteiger partial charge in [-0.2, -0.15) is 0 Å². The number of hydrogen-bond donors (Lipinski definition) is 0. The Morgan fingerprint density at radius 1 is 1.26 bits per heavy atom. The first-order chi connectivity index (χ1) is 9.02. The predicted molar refractivity (Wildman–Crippen MR) is 91.9 cm³/mol. The van der Waals surface area contributed by atoms with Crippen LogP contribution in [0, 0.1) is 11.3 Å². The summed E-state index contributed by atoms with van der Waals surface area (Å²) >= 11 is 11.0. The van der Waals surface area contributed by atoms with Crippen LogP contribution in [-0.4, -0.2) is 17.3 Å². The lowest BCUT2D eigenvalue weighted by atomic mass is 9.76. The monoisotopic (exact) mass is 452 g/mol. The third-order valence-corrected chi connectivity index (χ3v) is 6.82. The molecule has 1 nitrogen and oxygen atoms in total. The molecule has 0 aromatic heterocycles. The van der Waals surface area contributed by atoms with Crippen molar-refractivity contribution in [3.63, 3.8) is 0 Å². The van der Waals surface area contributed by atoms with Crippen molar-refractivity contribution in [1.82, 2.24) is 0 Å². The number of fused-ring (bicyclic) bond motifs is 1. The van der Waals surface area contributed by atoms with Gasteiger partial charge < -0.3 is 4.74 Å². The van der Waals surface area contributed by atoms with Gasteiger partial charge in [0.2, 0.25) is 0 Å². The maximum Gasteiger partial charge on any atom is 0.125 e. The zero-order valence-corrected chi connectivity index (χ0v) is 16.1. The largest absolute Gasteiger partial charge is 0.493 e. The van der Waals surface area contributed by atoms with Gasteiger partial charge in [0.05, 0.1) is 6.61 Å². The molecule has 1 aliphatic heterocycles. The van der Waals surface area contributed by atoms with Gasteiger partial charge in [0, 0.05) is 21.6 Å². The highest BCUT2D eigenvalue weighted by Crippen LogP contribution is 2.41. The van der Waals surface area contributed by atoms with Gasteiger partial charge >= 0.3 is 0 Å². The summed E-state index contributed by atoms with van der Waals surface area (Å²) in [6.45, 7) is 5.40. The van der Waals surface area contributed by atoms with Crippen LogP contribution in [0.15, 0.2) is 16.6 Å². The van der Waals surface area contributed by atoms with Crippen LogP contribution in [0.4, 0.5) is 0 Å². The first kappa shape index (κ1) is 15.8. The number of ether oxygens (including phenoxy) is 1. The highest BCUT2D eigenvalue weighted by Gasteiger charge is 2.34. The zero-order chi connectivity index (χ0) is 14.0. The topological polar surface area (TPSA) is 9.23 Å². The lowest BCUT2D eigenvalue weighted by molar-refractivity contribution is 0.262. The van der Waals surface area contributed by atoms with Gasteiger partial charge in [0.15, 0.2) is 0 Å². The molecule has 1 aromatic carbocycles. The molecule has 0 bridgehead atoms. The van der Waals surface area contributed by atoms with Crippen molar-refractivity contribution in [2.24, 2.45) is 11.3 Å². The van der Waals surface area contributed by atoms with Crippen LogP contribution in [-0.2, 0) is 12.8 Å². The molecule has 0 N–H and O–H groups in total. The summed E-state index contributed by atoms with van der Waals surface area (Å²) in [7, 11) is 0. The summed E-state index contributed by atoms with van der Waals surface area (Å²) in [6, 6.07) is 4.40. The molecule has 0 unspecified atom stereocenters. The zero-order valence-electron chi connectivity index (χ0n) is 11.3. The third kappa shape index (κ3) is 3.21.